The van der Waals surface area contributed by atoms with E-state index < -0.39 is 0 Å². The maximum absolute atomic E-state index is 6.32. The van der Waals surface area contributed by atoms with Crippen LogP contribution in [0.5, 0.6) is 0 Å². The highest BCUT2D eigenvalue weighted by molar-refractivity contribution is 6.06. The second kappa shape index (κ2) is 14.2. The number of aryl methyl sites for hydroxylation is 2. The van der Waals surface area contributed by atoms with E-state index in [0.29, 0.717) is 19.0 Å². The molecule has 0 bridgehead atoms. The SMILES string of the molecule is CCCCc1nc2c(N)nc3ccccc3c2n1CCCCN(C)CCCOCCOCCC. The number of aromatic nitrogens is 3. The zero-order valence-electron chi connectivity index (χ0n) is 21.4. The lowest BCUT2D eigenvalue weighted by atomic mass is 10.1. The van der Waals surface area contributed by atoms with Crippen LogP contribution in [0.4, 0.5) is 5.82 Å². The van der Waals surface area contributed by atoms with Crippen molar-refractivity contribution in [3.8, 4) is 0 Å². The lowest BCUT2D eigenvalue weighted by Gasteiger charge is -2.17. The van der Waals surface area contributed by atoms with Crippen molar-refractivity contribution in [2.75, 3.05) is 52.3 Å². The van der Waals surface area contributed by atoms with Gasteiger partial charge in [0, 0.05) is 38.1 Å². The summed E-state index contributed by atoms with van der Waals surface area (Å²) in [5.41, 5.74) is 9.25. The molecule has 7 nitrogen and oxygen atoms in total. The molecule has 34 heavy (non-hydrogen) atoms. The number of hydrogen-bond donors (Lipinski definition) is 1. The van der Waals surface area contributed by atoms with Crippen molar-refractivity contribution in [1.29, 1.82) is 0 Å². The number of anilines is 1. The summed E-state index contributed by atoms with van der Waals surface area (Å²) < 4.78 is 13.5. The Labute approximate surface area is 204 Å². The van der Waals surface area contributed by atoms with Crippen LogP contribution in [0.25, 0.3) is 21.9 Å². The van der Waals surface area contributed by atoms with Gasteiger partial charge in [-0.05, 0) is 51.8 Å². The minimum Gasteiger partial charge on any atom is -0.382 e. The third-order valence-corrected chi connectivity index (χ3v) is 6.16. The molecule has 0 unspecified atom stereocenters. The van der Waals surface area contributed by atoms with Gasteiger partial charge in [0.15, 0.2) is 5.82 Å². The number of hydrogen-bond acceptors (Lipinski definition) is 6. The number of fused-ring (bicyclic) bond motifs is 3. The predicted octanol–water partition coefficient (Wildman–Crippen LogP) is 5.05. The first-order valence-corrected chi connectivity index (χ1v) is 13.0. The van der Waals surface area contributed by atoms with Crippen molar-refractivity contribution in [2.24, 2.45) is 0 Å². The number of imidazole rings is 1. The summed E-state index contributed by atoms with van der Waals surface area (Å²) in [5.74, 6) is 1.67. The first-order valence-electron chi connectivity index (χ1n) is 13.0. The number of nitrogens with two attached hydrogens (primary N) is 1. The summed E-state index contributed by atoms with van der Waals surface area (Å²) in [4.78, 5) is 11.9. The van der Waals surface area contributed by atoms with E-state index >= 15 is 0 Å². The lowest BCUT2D eigenvalue weighted by Crippen LogP contribution is -2.22. The van der Waals surface area contributed by atoms with Gasteiger partial charge in [0.05, 0.1) is 24.2 Å². The molecule has 0 saturated carbocycles. The second-order valence-corrected chi connectivity index (χ2v) is 9.08. The van der Waals surface area contributed by atoms with Gasteiger partial charge in [-0.2, -0.15) is 0 Å². The number of para-hydroxylation sites is 1. The van der Waals surface area contributed by atoms with Crippen LogP contribution in [0.15, 0.2) is 24.3 Å². The van der Waals surface area contributed by atoms with E-state index in [1.807, 2.05) is 12.1 Å². The quantitative estimate of drug-likeness (QED) is 0.279. The Kier molecular flexibility index (Phi) is 11.1. The zero-order chi connectivity index (χ0) is 24.2. The highest BCUT2D eigenvalue weighted by Crippen LogP contribution is 2.29. The molecular formula is C27H43N5O2. The molecule has 0 radical (unpaired) electrons. The summed E-state index contributed by atoms with van der Waals surface area (Å²) in [6.45, 7) is 10.4. The molecule has 1 aromatic carbocycles. The number of pyridine rings is 1. The van der Waals surface area contributed by atoms with Crippen molar-refractivity contribution in [1.82, 2.24) is 19.4 Å². The monoisotopic (exact) mass is 469 g/mol. The Morgan fingerprint density at radius 3 is 2.44 bits per heavy atom. The van der Waals surface area contributed by atoms with Crippen LogP contribution in [-0.4, -0.2) is 66.0 Å². The van der Waals surface area contributed by atoms with Crippen molar-refractivity contribution in [3.05, 3.63) is 30.1 Å². The first kappa shape index (κ1) is 26.4. The highest BCUT2D eigenvalue weighted by atomic mass is 16.5. The number of rotatable bonds is 17. The van der Waals surface area contributed by atoms with Crippen LogP contribution < -0.4 is 5.73 Å². The Balaban J connectivity index is 1.52. The molecule has 0 atom stereocenters. The van der Waals surface area contributed by atoms with E-state index in [1.54, 1.807) is 0 Å². The maximum Gasteiger partial charge on any atom is 0.152 e. The molecule has 0 aliphatic carbocycles. The summed E-state index contributed by atoms with van der Waals surface area (Å²) in [7, 11) is 2.20. The molecule has 0 fully saturated rings. The van der Waals surface area contributed by atoms with Gasteiger partial charge in [0.1, 0.15) is 11.3 Å². The molecule has 7 heteroatoms. The normalized spacial score (nSPS) is 11.9. The number of unbranched alkanes of at least 4 members (excludes halogenated alkanes) is 2. The summed E-state index contributed by atoms with van der Waals surface area (Å²) in [6.07, 6.45) is 7.62. The average Bonchev–Trinajstić information content (AvgIpc) is 3.21. The van der Waals surface area contributed by atoms with Gasteiger partial charge in [-0.1, -0.05) is 38.5 Å². The van der Waals surface area contributed by atoms with Crippen LogP contribution in [-0.2, 0) is 22.4 Å². The number of nitrogen functional groups attached to an aromatic ring is 1. The highest BCUT2D eigenvalue weighted by Gasteiger charge is 2.16. The van der Waals surface area contributed by atoms with Crippen molar-refractivity contribution in [2.45, 2.75) is 65.3 Å². The Morgan fingerprint density at radius 1 is 0.882 bits per heavy atom. The molecule has 0 aliphatic rings. The van der Waals surface area contributed by atoms with Crippen LogP contribution in [0.3, 0.4) is 0 Å². The molecular weight excluding hydrogens is 426 g/mol. The smallest absolute Gasteiger partial charge is 0.152 e. The third kappa shape index (κ3) is 7.39. The van der Waals surface area contributed by atoms with E-state index in [1.165, 1.54) is 0 Å². The summed E-state index contributed by atoms with van der Waals surface area (Å²) in [5, 5.41) is 1.14. The third-order valence-electron chi connectivity index (χ3n) is 6.16. The van der Waals surface area contributed by atoms with E-state index in [2.05, 4.69) is 47.5 Å². The fraction of sp³-hybridized carbons (Fsp3) is 0.630. The van der Waals surface area contributed by atoms with Gasteiger partial charge < -0.3 is 24.7 Å². The molecule has 188 valence electrons. The summed E-state index contributed by atoms with van der Waals surface area (Å²) in [6, 6.07) is 8.25. The number of benzene rings is 1. The van der Waals surface area contributed by atoms with E-state index in [0.717, 1.165) is 106 Å². The Hall–Kier alpha value is -2.22. The van der Waals surface area contributed by atoms with Gasteiger partial charge in [0.2, 0.25) is 0 Å². The topological polar surface area (TPSA) is 78.4 Å². The Morgan fingerprint density at radius 2 is 1.65 bits per heavy atom. The molecule has 0 spiro atoms. The van der Waals surface area contributed by atoms with E-state index in [9.17, 15) is 0 Å². The fourth-order valence-corrected chi connectivity index (χ4v) is 4.34. The minimum atomic E-state index is 0.532. The van der Waals surface area contributed by atoms with Crippen molar-refractivity contribution < 1.29 is 9.47 Å². The van der Waals surface area contributed by atoms with E-state index in [4.69, 9.17) is 20.2 Å². The van der Waals surface area contributed by atoms with Gasteiger partial charge in [-0.15, -0.1) is 0 Å². The van der Waals surface area contributed by atoms with Crippen molar-refractivity contribution in [3.63, 3.8) is 0 Å². The van der Waals surface area contributed by atoms with Gasteiger partial charge in [-0.3, -0.25) is 0 Å². The predicted molar refractivity (Wildman–Crippen MR) is 141 cm³/mol. The molecule has 2 aromatic heterocycles. The van der Waals surface area contributed by atoms with Gasteiger partial charge in [0.25, 0.3) is 0 Å². The second-order valence-electron chi connectivity index (χ2n) is 9.08. The molecule has 0 amide bonds. The average molecular weight is 470 g/mol. The number of nitrogens with zero attached hydrogens (tertiary/aromatic N) is 4. The van der Waals surface area contributed by atoms with Crippen molar-refractivity contribution >= 4 is 27.8 Å². The van der Waals surface area contributed by atoms with Gasteiger partial charge >= 0.3 is 0 Å². The van der Waals surface area contributed by atoms with Gasteiger partial charge in [-0.25, -0.2) is 9.97 Å². The molecule has 0 aliphatic heterocycles. The van der Waals surface area contributed by atoms with Crippen LogP contribution in [0, 0.1) is 0 Å². The van der Waals surface area contributed by atoms with Crippen LogP contribution in [0.1, 0.15) is 58.2 Å². The first-order chi connectivity index (χ1) is 16.7. The largest absolute Gasteiger partial charge is 0.382 e. The molecule has 3 aromatic rings. The summed E-state index contributed by atoms with van der Waals surface area (Å²) >= 11 is 0. The number of ether oxygens (including phenoxy) is 2. The van der Waals surface area contributed by atoms with Crippen LogP contribution in [0.2, 0.25) is 0 Å². The maximum atomic E-state index is 6.32. The lowest BCUT2D eigenvalue weighted by molar-refractivity contribution is 0.0450. The molecule has 3 rings (SSSR count). The minimum absolute atomic E-state index is 0.532. The zero-order valence-corrected chi connectivity index (χ0v) is 21.4. The van der Waals surface area contributed by atoms with E-state index in [-0.39, 0.29) is 0 Å². The Bertz CT molecular complexity index is 1000. The standard InChI is InChI=1S/C27H43N5O2/c1-4-6-14-24-30-25-26(22-12-7-8-13-23(22)29-27(25)28)32(24)17-10-9-15-31(3)16-11-19-34-21-20-33-18-5-2/h7-8,12-13H,4-6,9-11,14-21H2,1-3H3,(H2,28,29). The molecule has 2 N–H and O–H groups in total. The molecule has 0 saturated heterocycles. The fourth-order valence-electron chi connectivity index (χ4n) is 4.34. The van der Waals surface area contributed by atoms with Crippen LogP contribution >= 0.6 is 0 Å². The molecule has 2 heterocycles.